The summed E-state index contributed by atoms with van der Waals surface area (Å²) < 4.78 is 4.73. The predicted molar refractivity (Wildman–Crippen MR) is 121 cm³/mol. The van der Waals surface area contributed by atoms with Gasteiger partial charge in [0.15, 0.2) is 0 Å². The molecule has 0 bridgehead atoms. The lowest BCUT2D eigenvalue weighted by atomic mass is 10.0. The highest BCUT2D eigenvalue weighted by molar-refractivity contribution is 6.14. The summed E-state index contributed by atoms with van der Waals surface area (Å²) in [6.07, 6.45) is 11.7. The third kappa shape index (κ3) is 3.55. The fourth-order valence-corrected chi connectivity index (χ4v) is 5.85. The second-order valence-corrected chi connectivity index (χ2v) is 9.23. The molecule has 4 rings (SSSR count). The van der Waals surface area contributed by atoms with E-state index in [4.69, 9.17) is 0 Å². The van der Waals surface area contributed by atoms with E-state index in [1.54, 1.807) is 6.08 Å². The number of hydrogen-bond acceptors (Lipinski definition) is 2. The van der Waals surface area contributed by atoms with Gasteiger partial charge in [0, 0.05) is 40.4 Å². The van der Waals surface area contributed by atoms with Gasteiger partial charge in [-0.2, -0.15) is 5.26 Å². The van der Waals surface area contributed by atoms with Gasteiger partial charge in [-0.15, -0.1) is 0 Å². The molecular weight excluding hydrogens is 370 g/mol. The molecule has 0 N–H and O–H groups in total. The lowest BCUT2D eigenvalue weighted by Crippen LogP contribution is -2.10. The number of carbonyl (C=O) groups is 1. The first-order chi connectivity index (χ1) is 14.4. The summed E-state index contributed by atoms with van der Waals surface area (Å²) in [4.78, 5) is 13.3. The SMILES string of the molecule is Cc1cc(C=C(C#N)C(=O)c2cc(C)n(C3CCCC3)c2C)c(C)n1C1CCCC1. The zero-order valence-electron chi connectivity index (χ0n) is 18.8. The van der Waals surface area contributed by atoms with E-state index in [1.807, 2.05) is 13.0 Å². The molecular formula is C26H33N3O. The van der Waals surface area contributed by atoms with E-state index in [0.717, 1.165) is 22.6 Å². The van der Waals surface area contributed by atoms with Gasteiger partial charge in [0.25, 0.3) is 0 Å². The van der Waals surface area contributed by atoms with Crippen LogP contribution < -0.4 is 0 Å². The molecule has 2 heterocycles. The molecule has 0 saturated heterocycles. The van der Waals surface area contributed by atoms with Crippen LogP contribution in [0.5, 0.6) is 0 Å². The van der Waals surface area contributed by atoms with Crippen molar-refractivity contribution in [2.45, 2.75) is 91.1 Å². The van der Waals surface area contributed by atoms with Crippen LogP contribution in [0.3, 0.4) is 0 Å². The molecule has 0 aliphatic heterocycles. The van der Waals surface area contributed by atoms with Gasteiger partial charge in [-0.25, -0.2) is 0 Å². The van der Waals surface area contributed by atoms with Crippen molar-refractivity contribution in [1.29, 1.82) is 5.26 Å². The number of hydrogen-bond donors (Lipinski definition) is 0. The average Bonchev–Trinajstić information content (AvgIpc) is 3.49. The van der Waals surface area contributed by atoms with Crippen molar-refractivity contribution in [3.63, 3.8) is 0 Å². The monoisotopic (exact) mass is 403 g/mol. The third-order valence-corrected chi connectivity index (χ3v) is 7.30. The first-order valence-corrected chi connectivity index (χ1v) is 11.5. The molecule has 2 aliphatic rings. The molecule has 2 aromatic rings. The Kier molecular flexibility index (Phi) is 5.73. The number of allylic oxidation sites excluding steroid dienone is 1. The van der Waals surface area contributed by atoms with Gasteiger partial charge in [0.1, 0.15) is 11.6 Å². The zero-order chi connectivity index (χ0) is 21.4. The molecule has 0 aromatic carbocycles. The maximum Gasteiger partial charge on any atom is 0.205 e. The van der Waals surface area contributed by atoms with Gasteiger partial charge in [-0.1, -0.05) is 25.7 Å². The van der Waals surface area contributed by atoms with E-state index in [-0.39, 0.29) is 11.4 Å². The summed E-state index contributed by atoms with van der Waals surface area (Å²) in [5, 5.41) is 9.82. The fraction of sp³-hybridized carbons (Fsp3) is 0.538. The Bertz CT molecular complexity index is 1030. The van der Waals surface area contributed by atoms with Crippen LogP contribution >= 0.6 is 0 Å². The molecule has 0 spiro atoms. The maximum absolute atomic E-state index is 13.3. The van der Waals surface area contributed by atoms with Crippen LogP contribution in [0, 0.1) is 39.0 Å². The Balaban J connectivity index is 1.67. The van der Waals surface area contributed by atoms with Gasteiger partial charge in [0.05, 0.1) is 0 Å². The van der Waals surface area contributed by atoms with Crippen LogP contribution in [0.25, 0.3) is 6.08 Å². The van der Waals surface area contributed by atoms with Crippen molar-refractivity contribution in [2.24, 2.45) is 0 Å². The Morgan fingerprint density at radius 1 is 0.900 bits per heavy atom. The van der Waals surface area contributed by atoms with Crippen LogP contribution in [-0.2, 0) is 0 Å². The molecule has 30 heavy (non-hydrogen) atoms. The number of nitrogens with zero attached hydrogens (tertiary/aromatic N) is 3. The summed E-state index contributed by atoms with van der Waals surface area (Å²) in [5.74, 6) is -0.152. The van der Waals surface area contributed by atoms with Crippen LogP contribution in [0.2, 0.25) is 0 Å². The number of carbonyl (C=O) groups excluding carboxylic acids is 1. The second kappa shape index (κ2) is 8.30. The van der Waals surface area contributed by atoms with Crippen molar-refractivity contribution in [1.82, 2.24) is 9.13 Å². The van der Waals surface area contributed by atoms with E-state index >= 15 is 0 Å². The third-order valence-electron chi connectivity index (χ3n) is 7.30. The Morgan fingerprint density at radius 3 is 1.93 bits per heavy atom. The predicted octanol–water partition coefficient (Wildman–Crippen LogP) is 6.54. The molecule has 2 aliphatic carbocycles. The van der Waals surface area contributed by atoms with E-state index in [0.29, 0.717) is 17.6 Å². The summed E-state index contributed by atoms with van der Waals surface area (Å²) in [6.45, 7) is 8.35. The minimum Gasteiger partial charge on any atom is -0.346 e. The van der Waals surface area contributed by atoms with Crippen molar-refractivity contribution in [2.75, 3.05) is 0 Å². The lowest BCUT2D eigenvalue weighted by Gasteiger charge is -2.17. The molecule has 2 saturated carbocycles. The average molecular weight is 404 g/mol. The summed E-state index contributed by atoms with van der Waals surface area (Å²) in [7, 11) is 0. The van der Waals surface area contributed by atoms with Crippen molar-refractivity contribution < 1.29 is 4.79 Å². The quantitative estimate of drug-likeness (QED) is 0.323. The highest BCUT2D eigenvalue weighted by Crippen LogP contribution is 2.35. The van der Waals surface area contributed by atoms with Crippen molar-refractivity contribution in [3.05, 3.63) is 51.6 Å². The molecule has 0 amide bonds. The fourth-order valence-electron chi connectivity index (χ4n) is 5.85. The maximum atomic E-state index is 13.3. The van der Waals surface area contributed by atoms with Gasteiger partial charge >= 0.3 is 0 Å². The van der Waals surface area contributed by atoms with E-state index in [2.05, 4.69) is 42.0 Å². The van der Waals surface area contributed by atoms with Gasteiger partial charge in [-0.3, -0.25) is 4.79 Å². The largest absolute Gasteiger partial charge is 0.346 e. The van der Waals surface area contributed by atoms with Crippen molar-refractivity contribution >= 4 is 11.9 Å². The van der Waals surface area contributed by atoms with Crippen molar-refractivity contribution in [3.8, 4) is 6.07 Å². The molecule has 0 unspecified atom stereocenters. The summed E-state index contributed by atoms with van der Waals surface area (Å²) in [6, 6.07) is 7.34. The second-order valence-electron chi connectivity index (χ2n) is 9.23. The highest BCUT2D eigenvalue weighted by Gasteiger charge is 2.26. The van der Waals surface area contributed by atoms with Crippen LogP contribution in [0.4, 0.5) is 0 Å². The van der Waals surface area contributed by atoms with Crippen LogP contribution in [0.15, 0.2) is 17.7 Å². The molecule has 2 fully saturated rings. The first kappa shape index (κ1) is 20.7. The Morgan fingerprint density at radius 2 is 1.40 bits per heavy atom. The van der Waals surface area contributed by atoms with Gasteiger partial charge in [0.2, 0.25) is 5.78 Å². The van der Waals surface area contributed by atoms with E-state index < -0.39 is 0 Å². The standard InChI is InChI=1S/C26H33N3O/c1-17-13-21(19(3)28(17)23-9-5-6-10-23)15-22(16-27)26(30)25-14-18(2)29(20(25)4)24-11-7-8-12-24/h13-15,23-24H,5-12H2,1-4H3. The number of aryl methyl sites for hydroxylation is 2. The van der Waals surface area contributed by atoms with Crippen LogP contribution in [0.1, 0.15) is 102 Å². The number of aromatic nitrogens is 2. The minimum atomic E-state index is -0.152. The van der Waals surface area contributed by atoms with E-state index in [9.17, 15) is 10.1 Å². The number of nitriles is 1. The number of Topliss-reactive ketones (excluding diaryl/α,β-unsaturated/α-hetero) is 1. The Labute approximate surface area is 180 Å². The number of rotatable bonds is 5. The smallest absolute Gasteiger partial charge is 0.205 e. The zero-order valence-corrected chi connectivity index (χ0v) is 18.8. The highest BCUT2D eigenvalue weighted by atomic mass is 16.1. The van der Waals surface area contributed by atoms with E-state index in [1.165, 1.54) is 57.1 Å². The molecule has 2 aromatic heterocycles. The summed E-state index contributed by atoms with van der Waals surface area (Å²) >= 11 is 0. The molecule has 4 heteroatoms. The number of ketones is 1. The lowest BCUT2D eigenvalue weighted by molar-refractivity contribution is 0.103. The molecule has 4 nitrogen and oxygen atoms in total. The topological polar surface area (TPSA) is 50.7 Å². The molecule has 0 radical (unpaired) electrons. The summed E-state index contributed by atoms with van der Waals surface area (Å²) in [5.41, 5.74) is 6.41. The molecule has 0 atom stereocenters. The van der Waals surface area contributed by atoms with Crippen LogP contribution in [-0.4, -0.2) is 14.9 Å². The van der Waals surface area contributed by atoms with Gasteiger partial charge in [-0.05, 0) is 77.2 Å². The normalized spacial score (nSPS) is 18.3. The van der Waals surface area contributed by atoms with Gasteiger partial charge < -0.3 is 9.13 Å². The molecule has 158 valence electrons. The first-order valence-electron chi connectivity index (χ1n) is 11.5. The Hall–Kier alpha value is -2.54. The minimum absolute atomic E-state index is 0.152.